The molecule has 5 rings (SSSR count). The Hall–Kier alpha value is -2.58. The molecule has 1 aliphatic carbocycles. The largest absolute Gasteiger partial charge is 0.468 e. The fourth-order valence-corrected chi connectivity index (χ4v) is 4.51. The predicted molar refractivity (Wildman–Crippen MR) is 103 cm³/mol. The zero-order chi connectivity index (χ0) is 16.8. The summed E-state index contributed by atoms with van der Waals surface area (Å²) in [6.45, 7) is 0.482. The highest BCUT2D eigenvalue weighted by atomic mass is 16.3. The molecule has 25 heavy (non-hydrogen) atoms. The minimum Gasteiger partial charge on any atom is -0.468 e. The number of nitrogens with two attached hydrogens (primary N) is 1. The molecule has 0 bridgehead atoms. The first-order valence-electron chi connectivity index (χ1n) is 9.03. The molecule has 1 atom stereocenters. The lowest BCUT2D eigenvalue weighted by molar-refractivity contribution is 0.493. The van der Waals surface area contributed by atoms with Gasteiger partial charge >= 0.3 is 0 Å². The second-order valence-electron chi connectivity index (χ2n) is 7.03. The summed E-state index contributed by atoms with van der Waals surface area (Å²) < 4.78 is 5.55. The van der Waals surface area contributed by atoms with Gasteiger partial charge in [-0.3, -0.25) is 0 Å². The lowest BCUT2D eigenvalue weighted by Crippen LogP contribution is -2.14. The topological polar surface area (TPSA) is 39.2 Å². The highest BCUT2D eigenvalue weighted by Crippen LogP contribution is 2.39. The van der Waals surface area contributed by atoms with Crippen molar-refractivity contribution in [2.24, 2.45) is 5.73 Å². The van der Waals surface area contributed by atoms with Crippen LogP contribution in [0.5, 0.6) is 0 Å². The summed E-state index contributed by atoms with van der Waals surface area (Å²) in [6, 6.07) is 20.0. The second kappa shape index (κ2) is 5.75. The van der Waals surface area contributed by atoms with Crippen molar-refractivity contribution >= 4 is 21.5 Å². The van der Waals surface area contributed by atoms with Gasteiger partial charge in [0, 0.05) is 0 Å². The van der Waals surface area contributed by atoms with E-state index in [1.807, 2.05) is 0 Å². The number of aryl methyl sites for hydroxylation is 1. The summed E-state index contributed by atoms with van der Waals surface area (Å²) in [5.74, 6) is 1.46. The van der Waals surface area contributed by atoms with Crippen molar-refractivity contribution in [3.05, 3.63) is 83.3 Å². The smallest absolute Gasteiger partial charge is 0.120 e. The quantitative estimate of drug-likeness (QED) is 0.506. The first-order valence-corrected chi connectivity index (χ1v) is 9.03. The maximum Gasteiger partial charge on any atom is 0.120 e. The minimum atomic E-state index is 0.482. The fraction of sp³-hybridized carbons (Fsp3) is 0.217. The predicted octanol–water partition coefficient (Wildman–Crippen LogP) is 5.32. The van der Waals surface area contributed by atoms with Gasteiger partial charge in [0.2, 0.25) is 0 Å². The van der Waals surface area contributed by atoms with Gasteiger partial charge < -0.3 is 10.2 Å². The number of fused-ring (bicyclic) bond motifs is 5. The van der Waals surface area contributed by atoms with Gasteiger partial charge in [-0.2, -0.15) is 0 Å². The summed E-state index contributed by atoms with van der Waals surface area (Å²) in [5, 5.41) is 5.46. The van der Waals surface area contributed by atoms with Crippen molar-refractivity contribution in [3.8, 4) is 0 Å². The van der Waals surface area contributed by atoms with Crippen LogP contribution >= 0.6 is 0 Å². The summed E-state index contributed by atoms with van der Waals surface area (Å²) in [5.41, 5.74) is 10.1. The Kier molecular flexibility index (Phi) is 3.39. The van der Waals surface area contributed by atoms with E-state index in [0.717, 1.165) is 25.0 Å². The molecular weight excluding hydrogens is 306 g/mol. The maximum atomic E-state index is 5.83. The van der Waals surface area contributed by atoms with Crippen LogP contribution in [-0.4, -0.2) is 0 Å². The van der Waals surface area contributed by atoms with Gasteiger partial charge in [0.15, 0.2) is 0 Å². The summed E-state index contributed by atoms with van der Waals surface area (Å²) in [4.78, 5) is 0. The monoisotopic (exact) mass is 327 g/mol. The molecule has 124 valence electrons. The van der Waals surface area contributed by atoms with E-state index in [2.05, 4.69) is 54.6 Å². The van der Waals surface area contributed by atoms with Crippen molar-refractivity contribution in [1.29, 1.82) is 0 Å². The molecule has 1 heterocycles. The highest BCUT2D eigenvalue weighted by molar-refractivity contribution is 6.08. The molecule has 0 radical (unpaired) electrons. The van der Waals surface area contributed by atoms with E-state index in [4.69, 9.17) is 10.2 Å². The van der Waals surface area contributed by atoms with Crippen LogP contribution in [0.3, 0.4) is 0 Å². The normalized spacial score (nSPS) is 17.1. The maximum absolute atomic E-state index is 5.83. The van der Waals surface area contributed by atoms with Crippen molar-refractivity contribution in [2.45, 2.75) is 31.7 Å². The van der Waals surface area contributed by atoms with Gasteiger partial charge in [0.05, 0.1) is 12.8 Å². The third kappa shape index (κ3) is 2.29. The molecule has 0 saturated heterocycles. The lowest BCUT2D eigenvalue weighted by Gasteiger charge is -2.26. The van der Waals surface area contributed by atoms with Crippen molar-refractivity contribution in [1.82, 2.24) is 0 Å². The molecule has 0 unspecified atom stereocenters. The summed E-state index contributed by atoms with van der Waals surface area (Å²) in [6.07, 6.45) is 5.13. The van der Waals surface area contributed by atoms with E-state index < -0.39 is 0 Å². The Morgan fingerprint density at radius 1 is 0.920 bits per heavy atom. The van der Waals surface area contributed by atoms with E-state index in [9.17, 15) is 0 Å². The van der Waals surface area contributed by atoms with Crippen LogP contribution in [0.2, 0.25) is 0 Å². The third-order valence-corrected chi connectivity index (χ3v) is 5.75. The molecule has 0 fully saturated rings. The Balaban J connectivity index is 1.61. The van der Waals surface area contributed by atoms with Gasteiger partial charge in [-0.25, -0.2) is 0 Å². The average molecular weight is 327 g/mol. The van der Waals surface area contributed by atoms with E-state index in [1.165, 1.54) is 38.2 Å². The lowest BCUT2D eigenvalue weighted by atomic mass is 9.78. The van der Waals surface area contributed by atoms with Crippen LogP contribution < -0.4 is 5.73 Å². The van der Waals surface area contributed by atoms with Crippen LogP contribution in [0, 0.1) is 0 Å². The van der Waals surface area contributed by atoms with Gasteiger partial charge in [0.1, 0.15) is 5.76 Å². The Morgan fingerprint density at radius 2 is 1.80 bits per heavy atom. The van der Waals surface area contributed by atoms with Crippen LogP contribution in [-0.2, 0) is 19.4 Å². The number of hydrogen-bond acceptors (Lipinski definition) is 2. The molecule has 2 heteroatoms. The van der Waals surface area contributed by atoms with Crippen LogP contribution in [0.4, 0.5) is 0 Å². The second-order valence-corrected chi connectivity index (χ2v) is 7.03. The first-order chi connectivity index (χ1) is 12.3. The van der Waals surface area contributed by atoms with E-state index in [0.29, 0.717) is 12.5 Å². The molecule has 2 nitrogen and oxygen atoms in total. The van der Waals surface area contributed by atoms with Gasteiger partial charge in [-0.05, 0) is 69.5 Å². The zero-order valence-electron chi connectivity index (χ0n) is 14.2. The van der Waals surface area contributed by atoms with Gasteiger partial charge in [-0.1, -0.05) is 48.5 Å². The Labute approximate surface area is 147 Å². The van der Waals surface area contributed by atoms with Crippen molar-refractivity contribution < 1.29 is 4.42 Å². The molecule has 4 aromatic rings. The standard InChI is InChI=1S/C23H21NO/c24-14-23-20(11-12-25-23)17-6-8-19-16(13-17)7-10-21-18-4-2-1-3-15(18)5-9-22(19)21/h1-5,7,9-12,17H,6,8,13-14,24H2/t17-/m1/s1. The molecule has 0 amide bonds. The average Bonchev–Trinajstić information content (AvgIpc) is 3.16. The van der Waals surface area contributed by atoms with Crippen molar-refractivity contribution in [2.75, 3.05) is 0 Å². The SMILES string of the molecule is NCc1occc1[C@@H]1CCc2c(ccc3c2ccc2ccccc23)C1. The third-order valence-electron chi connectivity index (χ3n) is 5.75. The van der Waals surface area contributed by atoms with E-state index in [1.54, 1.807) is 6.26 Å². The van der Waals surface area contributed by atoms with E-state index >= 15 is 0 Å². The van der Waals surface area contributed by atoms with Gasteiger partial charge in [-0.15, -0.1) is 0 Å². The number of benzene rings is 3. The number of rotatable bonds is 2. The summed E-state index contributed by atoms with van der Waals surface area (Å²) >= 11 is 0. The molecule has 2 N–H and O–H groups in total. The van der Waals surface area contributed by atoms with Gasteiger partial charge in [0.25, 0.3) is 0 Å². The molecule has 3 aromatic carbocycles. The molecule has 1 aromatic heterocycles. The molecular formula is C23H21NO. The Morgan fingerprint density at radius 3 is 2.72 bits per heavy atom. The number of hydrogen-bond donors (Lipinski definition) is 1. The van der Waals surface area contributed by atoms with Crippen molar-refractivity contribution in [3.63, 3.8) is 0 Å². The van der Waals surface area contributed by atoms with Crippen LogP contribution in [0.25, 0.3) is 21.5 Å². The highest BCUT2D eigenvalue weighted by Gasteiger charge is 2.24. The number of furan rings is 1. The molecule has 0 saturated carbocycles. The molecule has 1 aliphatic rings. The zero-order valence-corrected chi connectivity index (χ0v) is 14.2. The first kappa shape index (κ1) is 14.7. The molecule has 0 aliphatic heterocycles. The minimum absolute atomic E-state index is 0.482. The Bertz CT molecular complexity index is 1080. The van der Waals surface area contributed by atoms with E-state index in [-0.39, 0.29) is 0 Å². The molecule has 0 spiro atoms. The summed E-state index contributed by atoms with van der Waals surface area (Å²) in [7, 11) is 0. The van der Waals surface area contributed by atoms with Crippen LogP contribution in [0.15, 0.2) is 65.3 Å². The fourth-order valence-electron chi connectivity index (χ4n) is 4.51. The van der Waals surface area contributed by atoms with Crippen LogP contribution in [0.1, 0.15) is 34.8 Å².